The predicted octanol–water partition coefficient (Wildman–Crippen LogP) is 1.38. The molecule has 0 saturated carbocycles. The summed E-state index contributed by atoms with van der Waals surface area (Å²) >= 11 is 0. The highest BCUT2D eigenvalue weighted by Crippen LogP contribution is 1.94. The minimum absolute atomic E-state index is 1.07. The fourth-order valence-electron chi connectivity index (χ4n) is 1.30. The molecule has 1 heterocycles. The number of rotatable bonds is 3. The summed E-state index contributed by atoms with van der Waals surface area (Å²) in [6.07, 6.45) is 5.53. The molecular weight excluding hydrogens is 136 g/mol. The Kier molecular flexibility index (Phi) is 2.69. The van der Waals surface area contributed by atoms with Crippen molar-refractivity contribution >= 4 is 0 Å². The molecule has 1 aromatic rings. The second-order valence-corrected chi connectivity index (χ2v) is 2.71. The summed E-state index contributed by atoms with van der Waals surface area (Å²) in [5, 5.41) is 0. The maximum absolute atomic E-state index is 2.30. The van der Waals surface area contributed by atoms with Gasteiger partial charge in [-0.1, -0.05) is 6.92 Å². The van der Waals surface area contributed by atoms with Crippen LogP contribution in [0.5, 0.6) is 0 Å². The van der Waals surface area contributed by atoms with Crippen LogP contribution in [0, 0.1) is 0 Å². The van der Waals surface area contributed by atoms with Gasteiger partial charge in [-0.05, 0) is 13.8 Å². The van der Waals surface area contributed by atoms with E-state index in [0.29, 0.717) is 0 Å². The molecule has 0 fully saturated rings. The summed E-state index contributed by atoms with van der Waals surface area (Å²) in [6.45, 7) is 8.69. The maximum Gasteiger partial charge on any atom is 0.243 e. The van der Waals surface area contributed by atoms with Crippen molar-refractivity contribution in [3.05, 3.63) is 18.2 Å². The lowest BCUT2D eigenvalue weighted by atomic mass is 10.3. The van der Waals surface area contributed by atoms with Gasteiger partial charge in [0.15, 0.2) is 0 Å². The monoisotopic (exact) mass is 153 g/mol. The highest BCUT2D eigenvalue weighted by Gasteiger charge is 2.07. The third-order valence-electron chi connectivity index (χ3n) is 2.04. The van der Waals surface area contributed by atoms with Crippen molar-refractivity contribution in [2.24, 2.45) is 0 Å². The van der Waals surface area contributed by atoms with E-state index in [-0.39, 0.29) is 0 Å². The third-order valence-corrected chi connectivity index (χ3v) is 2.04. The smallest absolute Gasteiger partial charge is 0.237 e. The topological polar surface area (TPSA) is 8.81 Å². The van der Waals surface area contributed by atoms with E-state index in [1.165, 1.54) is 5.69 Å². The molecule has 0 bridgehead atoms. The van der Waals surface area contributed by atoms with E-state index < -0.39 is 0 Å². The van der Waals surface area contributed by atoms with Gasteiger partial charge in [-0.2, -0.15) is 0 Å². The maximum atomic E-state index is 2.30. The lowest BCUT2D eigenvalue weighted by Crippen LogP contribution is -2.34. The summed E-state index contributed by atoms with van der Waals surface area (Å²) in [7, 11) is 0. The van der Waals surface area contributed by atoms with Crippen molar-refractivity contribution in [3.8, 4) is 0 Å². The molecule has 0 unspecified atom stereocenters. The summed E-state index contributed by atoms with van der Waals surface area (Å²) in [4.78, 5) is 0. The van der Waals surface area contributed by atoms with Crippen molar-refractivity contribution < 1.29 is 4.57 Å². The second kappa shape index (κ2) is 3.56. The lowest BCUT2D eigenvalue weighted by molar-refractivity contribution is -0.700. The zero-order valence-corrected chi connectivity index (χ0v) is 7.67. The first-order chi connectivity index (χ1) is 5.31. The number of aromatic nitrogens is 2. The van der Waals surface area contributed by atoms with Crippen LogP contribution in [0.15, 0.2) is 12.5 Å². The molecule has 0 aliphatic carbocycles. The third kappa shape index (κ3) is 1.62. The first-order valence-corrected chi connectivity index (χ1v) is 4.39. The average Bonchev–Trinajstić information content (AvgIpc) is 2.46. The van der Waals surface area contributed by atoms with E-state index in [4.69, 9.17) is 0 Å². The summed E-state index contributed by atoms with van der Waals surface area (Å²) in [6, 6.07) is 0. The van der Waals surface area contributed by atoms with Crippen LogP contribution in [-0.2, 0) is 19.5 Å². The predicted molar refractivity (Wildman–Crippen MR) is 45.4 cm³/mol. The Morgan fingerprint density at radius 1 is 1.36 bits per heavy atom. The fraction of sp³-hybridized carbons (Fsp3) is 0.667. The number of imidazole rings is 1. The minimum atomic E-state index is 1.07. The molecule has 0 atom stereocenters. The van der Waals surface area contributed by atoms with Crippen LogP contribution in [0.25, 0.3) is 0 Å². The van der Waals surface area contributed by atoms with E-state index in [1.54, 1.807) is 0 Å². The molecule has 0 radical (unpaired) electrons. The molecule has 2 heteroatoms. The number of aryl methyl sites for hydroxylation is 3. The van der Waals surface area contributed by atoms with E-state index >= 15 is 0 Å². The van der Waals surface area contributed by atoms with Crippen LogP contribution in [-0.4, -0.2) is 4.57 Å². The van der Waals surface area contributed by atoms with Crippen molar-refractivity contribution in [1.29, 1.82) is 0 Å². The molecule has 0 amide bonds. The van der Waals surface area contributed by atoms with Crippen molar-refractivity contribution in [2.75, 3.05) is 0 Å². The standard InChI is InChI=1S/C9H17N2/c1-4-9-7-10(5-2)8-11(9)6-3/h7-8H,4-6H2,1-3H3/q+1. The van der Waals surface area contributed by atoms with Gasteiger partial charge in [-0.3, -0.25) is 0 Å². The Morgan fingerprint density at radius 3 is 2.45 bits per heavy atom. The second-order valence-electron chi connectivity index (χ2n) is 2.71. The Hall–Kier alpha value is -0.790. The molecule has 1 rings (SSSR count). The molecule has 2 nitrogen and oxygen atoms in total. The largest absolute Gasteiger partial charge is 0.243 e. The van der Waals surface area contributed by atoms with Gasteiger partial charge in [0.05, 0.1) is 13.1 Å². The molecule has 0 aliphatic heterocycles. The van der Waals surface area contributed by atoms with Crippen LogP contribution in [0.2, 0.25) is 0 Å². The van der Waals surface area contributed by atoms with Crippen LogP contribution in [0.3, 0.4) is 0 Å². The summed E-state index contributed by atoms with van der Waals surface area (Å²) in [5.41, 5.74) is 1.43. The molecule has 0 aromatic carbocycles. The Labute approximate surface area is 68.5 Å². The van der Waals surface area contributed by atoms with Crippen molar-refractivity contribution in [3.63, 3.8) is 0 Å². The molecule has 0 N–H and O–H groups in total. The molecule has 0 saturated heterocycles. The SMILES string of the molecule is CCc1cn(CC)c[n+]1CC. The molecule has 0 aliphatic rings. The molecular formula is C9H17N2+. The van der Waals surface area contributed by atoms with E-state index in [0.717, 1.165) is 19.5 Å². The van der Waals surface area contributed by atoms with E-state index in [1.807, 2.05) is 0 Å². The highest BCUT2D eigenvalue weighted by molar-refractivity contribution is 4.87. The first kappa shape index (κ1) is 8.31. The Balaban J connectivity index is 2.92. The molecule has 0 spiro atoms. The van der Waals surface area contributed by atoms with E-state index in [9.17, 15) is 0 Å². The van der Waals surface area contributed by atoms with Gasteiger partial charge in [-0.15, -0.1) is 0 Å². The van der Waals surface area contributed by atoms with E-state index in [2.05, 4.69) is 42.4 Å². The van der Waals surface area contributed by atoms with Crippen LogP contribution in [0.1, 0.15) is 26.5 Å². The Morgan fingerprint density at radius 2 is 2.09 bits per heavy atom. The number of hydrogen-bond acceptors (Lipinski definition) is 0. The lowest BCUT2D eigenvalue weighted by Gasteiger charge is -1.91. The van der Waals surface area contributed by atoms with Gasteiger partial charge >= 0.3 is 0 Å². The normalized spacial score (nSPS) is 10.5. The fourth-order valence-corrected chi connectivity index (χ4v) is 1.30. The van der Waals surface area contributed by atoms with Gasteiger partial charge in [0.25, 0.3) is 0 Å². The minimum Gasteiger partial charge on any atom is -0.237 e. The van der Waals surface area contributed by atoms with Crippen molar-refractivity contribution in [2.45, 2.75) is 40.3 Å². The number of hydrogen-bond donors (Lipinski definition) is 0. The molecule has 62 valence electrons. The van der Waals surface area contributed by atoms with Gasteiger partial charge < -0.3 is 0 Å². The summed E-state index contributed by atoms with van der Waals surface area (Å²) < 4.78 is 4.52. The number of nitrogens with zero attached hydrogens (tertiary/aromatic N) is 2. The zero-order chi connectivity index (χ0) is 8.27. The van der Waals surface area contributed by atoms with Crippen molar-refractivity contribution in [1.82, 2.24) is 4.57 Å². The highest BCUT2D eigenvalue weighted by atomic mass is 15.1. The van der Waals surface area contributed by atoms with Gasteiger partial charge in [0.1, 0.15) is 11.9 Å². The molecule has 1 aromatic heterocycles. The summed E-state index contributed by atoms with van der Waals surface area (Å²) in [5.74, 6) is 0. The zero-order valence-electron chi connectivity index (χ0n) is 7.67. The van der Waals surface area contributed by atoms with Gasteiger partial charge in [0, 0.05) is 6.42 Å². The quantitative estimate of drug-likeness (QED) is 0.580. The first-order valence-electron chi connectivity index (χ1n) is 4.39. The molecule has 11 heavy (non-hydrogen) atoms. The van der Waals surface area contributed by atoms with Gasteiger partial charge in [-0.25, -0.2) is 9.13 Å². The van der Waals surface area contributed by atoms with Gasteiger partial charge in [0.2, 0.25) is 6.33 Å². The van der Waals surface area contributed by atoms with Crippen LogP contribution in [0.4, 0.5) is 0 Å². The average molecular weight is 153 g/mol. The van der Waals surface area contributed by atoms with Crippen LogP contribution < -0.4 is 4.57 Å². The van der Waals surface area contributed by atoms with Crippen LogP contribution >= 0.6 is 0 Å². The Bertz CT molecular complexity index is 204.